The van der Waals surface area contributed by atoms with Crippen molar-refractivity contribution in [1.29, 1.82) is 0 Å². The Morgan fingerprint density at radius 1 is 1.26 bits per heavy atom. The van der Waals surface area contributed by atoms with Gasteiger partial charge in [0, 0.05) is 6.42 Å². The standard InChI is InChI=1S/C21H28O2/c1-15(2)19-9-10-21(3,13-20(19)22)17-12-18(23-14-17)11-16-7-5-4-6-8-16/h4-8,12,14-15,19-20,22H,9-11,13H2,1-3H3. The van der Waals surface area contributed by atoms with E-state index in [1.54, 1.807) is 0 Å². The summed E-state index contributed by atoms with van der Waals surface area (Å²) in [4.78, 5) is 0. The van der Waals surface area contributed by atoms with E-state index in [1.807, 2.05) is 12.3 Å². The van der Waals surface area contributed by atoms with E-state index >= 15 is 0 Å². The molecule has 1 N–H and O–H groups in total. The van der Waals surface area contributed by atoms with E-state index in [1.165, 1.54) is 11.1 Å². The zero-order valence-corrected chi connectivity index (χ0v) is 14.5. The minimum atomic E-state index is -0.207. The van der Waals surface area contributed by atoms with Crippen LogP contribution in [-0.2, 0) is 11.8 Å². The van der Waals surface area contributed by atoms with Gasteiger partial charge in [0.2, 0.25) is 0 Å². The first-order valence-corrected chi connectivity index (χ1v) is 8.78. The second-order valence-corrected chi connectivity index (χ2v) is 7.74. The highest BCUT2D eigenvalue weighted by molar-refractivity contribution is 5.28. The first-order chi connectivity index (χ1) is 11.0. The van der Waals surface area contributed by atoms with E-state index in [0.717, 1.165) is 31.4 Å². The SMILES string of the molecule is CC(C)C1CCC(C)(c2coc(Cc3ccccc3)c2)CC1O. The van der Waals surface area contributed by atoms with Gasteiger partial charge in [0.15, 0.2) is 0 Å². The molecular formula is C21H28O2. The van der Waals surface area contributed by atoms with Crippen LogP contribution in [0, 0.1) is 11.8 Å². The second kappa shape index (κ2) is 6.52. The maximum Gasteiger partial charge on any atom is 0.108 e. The fourth-order valence-electron chi connectivity index (χ4n) is 4.02. The van der Waals surface area contributed by atoms with Crippen LogP contribution in [0.1, 0.15) is 56.9 Å². The smallest absolute Gasteiger partial charge is 0.108 e. The van der Waals surface area contributed by atoms with Crippen molar-refractivity contribution in [3.05, 3.63) is 59.5 Å². The van der Waals surface area contributed by atoms with E-state index < -0.39 is 0 Å². The molecular weight excluding hydrogens is 284 g/mol. The molecule has 1 aromatic carbocycles. The Labute approximate surface area is 139 Å². The summed E-state index contributed by atoms with van der Waals surface area (Å²) in [5, 5.41) is 10.5. The Morgan fingerprint density at radius 2 is 2.00 bits per heavy atom. The van der Waals surface area contributed by atoms with Crippen LogP contribution >= 0.6 is 0 Å². The molecule has 2 nitrogen and oxygen atoms in total. The van der Waals surface area contributed by atoms with Gasteiger partial charge in [0.05, 0.1) is 12.4 Å². The summed E-state index contributed by atoms with van der Waals surface area (Å²) in [6.07, 6.45) is 5.57. The van der Waals surface area contributed by atoms with Crippen molar-refractivity contribution in [3.63, 3.8) is 0 Å². The molecule has 1 aromatic heterocycles. The first kappa shape index (κ1) is 16.3. The lowest BCUT2D eigenvalue weighted by Gasteiger charge is -2.41. The number of rotatable bonds is 4. The summed E-state index contributed by atoms with van der Waals surface area (Å²) in [7, 11) is 0. The van der Waals surface area contributed by atoms with Crippen LogP contribution in [0.15, 0.2) is 47.1 Å². The minimum Gasteiger partial charge on any atom is -0.469 e. The van der Waals surface area contributed by atoms with Crippen molar-refractivity contribution in [2.24, 2.45) is 11.8 Å². The van der Waals surface area contributed by atoms with E-state index in [0.29, 0.717) is 11.8 Å². The molecule has 0 radical (unpaired) electrons. The predicted octanol–water partition coefficient (Wildman–Crippen LogP) is 4.95. The van der Waals surface area contributed by atoms with Crippen molar-refractivity contribution in [2.75, 3.05) is 0 Å². The molecule has 0 spiro atoms. The van der Waals surface area contributed by atoms with Crippen molar-refractivity contribution in [2.45, 2.75) is 58.0 Å². The van der Waals surface area contributed by atoms with Gasteiger partial charge < -0.3 is 9.52 Å². The highest BCUT2D eigenvalue weighted by Gasteiger charge is 2.39. The van der Waals surface area contributed by atoms with E-state index in [2.05, 4.69) is 51.1 Å². The molecule has 3 unspecified atom stereocenters. The monoisotopic (exact) mass is 312 g/mol. The lowest BCUT2D eigenvalue weighted by molar-refractivity contribution is 0.0151. The van der Waals surface area contributed by atoms with Gasteiger partial charge in [-0.1, -0.05) is 51.1 Å². The van der Waals surface area contributed by atoms with Crippen molar-refractivity contribution >= 4 is 0 Å². The number of aliphatic hydroxyl groups is 1. The number of furan rings is 1. The van der Waals surface area contributed by atoms with Crippen LogP contribution in [0.25, 0.3) is 0 Å². The summed E-state index contributed by atoms with van der Waals surface area (Å²) in [6.45, 7) is 6.70. The predicted molar refractivity (Wildman–Crippen MR) is 93.5 cm³/mol. The fourth-order valence-corrected chi connectivity index (χ4v) is 4.02. The normalized spacial score (nSPS) is 28.2. The summed E-state index contributed by atoms with van der Waals surface area (Å²) < 4.78 is 5.81. The maximum atomic E-state index is 10.5. The number of hydrogen-bond acceptors (Lipinski definition) is 2. The summed E-state index contributed by atoms with van der Waals surface area (Å²) in [5.74, 6) is 1.99. The van der Waals surface area contributed by atoms with Crippen LogP contribution in [-0.4, -0.2) is 11.2 Å². The molecule has 0 amide bonds. The third-order valence-corrected chi connectivity index (χ3v) is 5.61. The lowest BCUT2D eigenvalue weighted by Crippen LogP contribution is -2.39. The Morgan fingerprint density at radius 3 is 2.65 bits per heavy atom. The quantitative estimate of drug-likeness (QED) is 0.867. The molecule has 1 aliphatic carbocycles. The highest BCUT2D eigenvalue weighted by Crippen LogP contribution is 2.44. The van der Waals surface area contributed by atoms with Crippen LogP contribution in [0.2, 0.25) is 0 Å². The van der Waals surface area contributed by atoms with Gasteiger partial charge in [-0.15, -0.1) is 0 Å². The molecule has 2 aromatic rings. The van der Waals surface area contributed by atoms with E-state index in [-0.39, 0.29) is 11.5 Å². The second-order valence-electron chi connectivity index (χ2n) is 7.74. The lowest BCUT2D eigenvalue weighted by atomic mass is 9.65. The molecule has 23 heavy (non-hydrogen) atoms. The van der Waals surface area contributed by atoms with E-state index in [4.69, 9.17) is 4.42 Å². The number of benzene rings is 1. The van der Waals surface area contributed by atoms with Crippen molar-refractivity contribution in [3.8, 4) is 0 Å². The number of aliphatic hydroxyl groups excluding tert-OH is 1. The Bertz CT molecular complexity index is 628. The Balaban J connectivity index is 1.72. The van der Waals surface area contributed by atoms with Crippen LogP contribution < -0.4 is 0 Å². The Hall–Kier alpha value is -1.54. The average Bonchev–Trinajstić information content (AvgIpc) is 2.97. The molecule has 0 aliphatic heterocycles. The van der Waals surface area contributed by atoms with Gasteiger partial charge in [-0.25, -0.2) is 0 Å². The van der Waals surface area contributed by atoms with Gasteiger partial charge in [0.1, 0.15) is 5.76 Å². The molecule has 1 fully saturated rings. The largest absolute Gasteiger partial charge is 0.469 e. The number of hydrogen-bond donors (Lipinski definition) is 1. The zero-order chi connectivity index (χ0) is 16.4. The molecule has 0 saturated heterocycles. The molecule has 1 heterocycles. The first-order valence-electron chi connectivity index (χ1n) is 8.78. The van der Waals surface area contributed by atoms with Gasteiger partial charge in [-0.3, -0.25) is 0 Å². The van der Waals surface area contributed by atoms with Crippen LogP contribution in [0.3, 0.4) is 0 Å². The molecule has 124 valence electrons. The summed E-state index contributed by atoms with van der Waals surface area (Å²) in [6, 6.07) is 12.6. The molecule has 2 heteroatoms. The zero-order valence-electron chi connectivity index (χ0n) is 14.5. The third kappa shape index (κ3) is 3.53. The topological polar surface area (TPSA) is 33.4 Å². The van der Waals surface area contributed by atoms with Gasteiger partial charge in [-0.05, 0) is 53.7 Å². The van der Waals surface area contributed by atoms with Gasteiger partial charge in [0.25, 0.3) is 0 Å². The molecule has 3 rings (SSSR count). The molecule has 3 atom stereocenters. The molecule has 1 aliphatic rings. The fraction of sp³-hybridized carbons (Fsp3) is 0.524. The summed E-state index contributed by atoms with van der Waals surface area (Å²) in [5.41, 5.74) is 2.54. The molecule has 0 bridgehead atoms. The van der Waals surface area contributed by atoms with Gasteiger partial charge >= 0.3 is 0 Å². The average molecular weight is 312 g/mol. The van der Waals surface area contributed by atoms with Crippen molar-refractivity contribution < 1.29 is 9.52 Å². The summed E-state index contributed by atoms with van der Waals surface area (Å²) >= 11 is 0. The van der Waals surface area contributed by atoms with Crippen LogP contribution in [0.5, 0.6) is 0 Å². The van der Waals surface area contributed by atoms with Crippen molar-refractivity contribution in [1.82, 2.24) is 0 Å². The highest BCUT2D eigenvalue weighted by atomic mass is 16.3. The minimum absolute atomic E-state index is 0.0310. The maximum absolute atomic E-state index is 10.5. The van der Waals surface area contributed by atoms with Crippen LogP contribution in [0.4, 0.5) is 0 Å². The van der Waals surface area contributed by atoms with Gasteiger partial charge in [-0.2, -0.15) is 0 Å². The third-order valence-electron chi connectivity index (χ3n) is 5.61. The Kier molecular flexibility index (Phi) is 4.63. The van der Waals surface area contributed by atoms with E-state index in [9.17, 15) is 5.11 Å². The molecule has 1 saturated carbocycles.